The standard InChI is InChI=1S/C41H54O4P2/c1-24-15-34(16-25(2)38(24)42-11)46(35-17-26(3)39(43-12)27(4)18-35)32(9)23-33(10)47(36-19-28(5)40(44-13)29(6)20-36)37-21-30(7)41(45-14)31(8)22-37/h15-22,32-33H,23H2,1-14H3/t32-,33-/m0/s1. The minimum atomic E-state index is -0.688. The van der Waals surface area contributed by atoms with Crippen molar-refractivity contribution in [3.8, 4) is 23.0 Å². The van der Waals surface area contributed by atoms with Gasteiger partial charge in [-0.15, -0.1) is 0 Å². The lowest BCUT2D eigenvalue weighted by Crippen LogP contribution is -2.27. The van der Waals surface area contributed by atoms with Crippen LogP contribution < -0.4 is 40.2 Å². The molecule has 0 saturated carbocycles. The molecule has 0 spiro atoms. The van der Waals surface area contributed by atoms with Crippen molar-refractivity contribution < 1.29 is 18.9 Å². The van der Waals surface area contributed by atoms with Gasteiger partial charge in [0, 0.05) is 0 Å². The van der Waals surface area contributed by atoms with Crippen molar-refractivity contribution >= 4 is 37.1 Å². The van der Waals surface area contributed by atoms with Crippen LogP contribution in [0.2, 0.25) is 0 Å². The molecule has 0 aromatic heterocycles. The normalized spacial score (nSPS) is 12.8. The fraction of sp³-hybridized carbons (Fsp3) is 0.415. The van der Waals surface area contributed by atoms with Gasteiger partial charge in [0.2, 0.25) is 0 Å². The zero-order valence-corrected chi connectivity index (χ0v) is 32.8. The number of rotatable bonds is 12. The van der Waals surface area contributed by atoms with Gasteiger partial charge in [0.15, 0.2) is 0 Å². The predicted octanol–water partition coefficient (Wildman–Crippen LogP) is 8.92. The second kappa shape index (κ2) is 15.4. The fourth-order valence-electron chi connectivity index (χ4n) is 7.57. The van der Waals surface area contributed by atoms with Crippen LogP contribution in [0, 0.1) is 55.4 Å². The highest BCUT2D eigenvalue weighted by Crippen LogP contribution is 2.50. The molecule has 6 heteroatoms. The average molecular weight is 673 g/mol. The molecule has 4 nitrogen and oxygen atoms in total. The summed E-state index contributed by atoms with van der Waals surface area (Å²) in [4.78, 5) is 0. The van der Waals surface area contributed by atoms with Gasteiger partial charge in [-0.1, -0.05) is 13.8 Å². The third-order valence-electron chi connectivity index (χ3n) is 9.27. The second-order valence-corrected chi connectivity index (χ2v) is 18.4. The molecule has 0 fully saturated rings. The number of hydrogen-bond acceptors (Lipinski definition) is 4. The van der Waals surface area contributed by atoms with Crippen molar-refractivity contribution in [1.82, 2.24) is 0 Å². The highest BCUT2D eigenvalue weighted by molar-refractivity contribution is 7.74. The first-order valence-corrected chi connectivity index (χ1v) is 19.3. The molecule has 252 valence electrons. The Kier molecular flexibility index (Phi) is 12.1. The van der Waals surface area contributed by atoms with Crippen LogP contribution in [0.4, 0.5) is 0 Å². The Hall–Kier alpha value is -3.06. The number of methoxy groups -OCH3 is 4. The molecular formula is C41H54O4P2. The van der Waals surface area contributed by atoms with Crippen LogP contribution in [-0.4, -0.2) is 39.8 Å². The van der Waals surface area contributed by atoms with Gasteiger partial charge in [0.25, 0.3) is 0 Å². The van der Waals surface area contributed by atoms with Crippen molar-refractivity contribution in [1.29, 1.82) is 0 Å². The van der Waals surface area contributed by atoms with E-state index in [1.54, 1.807) is 28.4 Å². The van der Waals surface area contributed by atoms with E-state index in [0.717, 1.165) is 29.4 Å². The summed E-state index contributed by atoms with van der Waals surface area (Å²) >= 11 is 0. The summed E-state index contributed by atoms with van der Waals surface area (Å²) in [6, 6.07) is 18.9. The number of ether oxygens (including phenoxy) is 4. The summed E-state index contributed by atoms with van der Waals surface area (Å²) in [7, 11) is 5.70. The van der Waals surface area contributed by atoms with Crippen LogP contribution in [0.5, 0.6) is 23.0 Å². The minimum Gasteiger partial charge on any atom is -0.496 e. The van der Waals surface area contributed by atoms with Crippen LogP contribution in [0.25, 0.3) is 0 Å². The van der Waals surface area contributed by atoms with E-state index >= 15 is 0 Å². The first-order chi connectivity index (χ1) is 22.3. The van der Waals surface area contributed by atoms with Gasteiger partial charge in [0.1, 0.15) is 23.0 Å². The van der Waals surface area contributed by atoms with Crippen LogP contribution in [0.15, 0.2) is 48.5 Å². The quantitative estimate of drug-likeness (QED) is 0.141. The van der Waals surface area contributed by atoms with Crippen LogP contribution in [-0.2, 0) is 0 Å². The molecule has 4 rings (SSSR count). The predicted molar refractivity (Wildman–Crippen MR) is 206 cm³/mol. The van der Waals surface area contributed by atoms with E-state index in [-0.39, 0.29) is 0 Å². The molecule has 0 N–H and O–H groups in total. The van der Waals surface area contributed by atoms with E-state index in [0.29, 0.717) is 11.3 Å². The van der Waals surface area contributed by atoms with E-state index < -0.39 is 15.8 Å². The van der Waals surface area contributed by atoms with Crippen LogP contribution in [0.3, 0.4) is 0 Å². The lowest BCUT2D eigenvalue weighted by Gasteiger charge is -2.33. The summed E-state index contributed by atoms with van der Waals surface area (Å²) in [5.74, 6) is 3.91. The zero-order chi connectivity index (χ0) is 34.7. The molecule has 0 saturated heterocycles. The molecule has 0 bridgehead atoms. The van der Waals surface area contributed by atoms with E-state index in [2.05, 4.69) is 118 Å². The summed E-state index contributed by atoms with van der Waals surface area (Å²) in [5.41, 5.74) is 10.3. The molecule has 47 heavy (non-hydrogen) atoms. The molecule has 4 aromatic carbocycles. The van der Waals surface area contributed by atoms with Gasteiger partial charge in [-0.25, -0.2) is 0 Å². The van der Waals surface area contributed by atoms with Crippen molar-refractivity contribution in [3.63, 3.8) is 0 Å². The average Bonchev–Trinajstić information content (AvgIpc) is 2.97. The van der Waals surface area contributed by atoms with E-state index in [9.17, 15) is 0 Å². The first kappa shape index (κ1) is 36.8. The summed E-state index contributed by atoms with van der Waals surface area (Å²) < 4.78 is 23.1. The lowest BCUT2D eigenvalue weighted by atomic mass is 10.1. The van der Waals surface area contributed by atoms with Gasteiger partial charge in [-0.2, -0.15) is 0 Å². The minimum absolute atomic E-state index is 0.422. The van der Waals surface area contributed by atoms with Crippen molar-refractivity contribution in [2.75, 3.05) is 28.4 Å². The molecule has 0 aliphatic carbocycles. The molecule has 0 aliphatic heterocycles. The monoisotopic (exact) mass is 672 g/mol. The highest BCUT2D eigenvalue weighted by atomic mass is 31.1. The molecular weight excluding hydrogens is 618 g/mol. The van der Waals surface area contributed by atoms with E-state index in [4.69, 9.17) is 18.9 Å². The van der Waals surface area contributed by atoms with Crippen LogP contribution in [0.1, 0.15) is 64.8 Å². The molecule has 0 aliphatic rings. The Morgan fingerprint density at radius 2 is 0.553 bits per heavy atom. The topological polar surface area (TPSA) is 36.9 Å². The number of benzene rings is 4. The van der Waals surface area contributed by atoms with Gasteiger partial charge in [-0.3, -0.25) is 0 Å². The van der Waals surface area contributed by atoms with Gasteiger partial charge >= 0.3 is 0 Å². The highest BCUT2D eigenvalue weighted by Gasteiger charge is 2.30. The molecule has 0 amide bonds. The lowest BCUT2D eigenvalue weighted by molar-refractivity contribution is 0.408. The van der Waals surface area contributed by atoms with Gasteiger partial charge in [-0.05, 0) is 203 Å². The first-order valence-electron chi connectivity index (χ1n) is 16.5. The second-order valence-electron chi connectivity index (χ2n) is 13.1. The zero-order valence-electron chi connectivity index (χ0n) is 31.0. The molecule has 0 heterocycles. The maximum absolute atomic E-state index is 5.79. The molecule has 4 aromatic rings. The largest absolute Gasteiger partial charge is 0.496 e. The smallest absolute Gasteiger partial charge is 0.124 e. The summed E-state index contributed by atoms with van der Waals surface area (Å²) in [6.07, 6.45) is 1.08. The SMILES string of the molecule is COc1c(C)cc(P(c2cc(C)c(OC)c(C)c2)[C@@H](C)C[C@H](C)P(c2cc(C)c(OC)c(C)c2)c2cc(C)c(OC)c(C)c2)cc1C. The van der Waals surface area contributed by atoms with E-state index in [1.165, 1.54) is 65.7 Å². The Morgan fingerprint density at radius 3 is 0.702 bits per heavy atom. The van der Waals surface area contributed by atoms with Crippen molar-refractivity contribution in [3.05, 3.63) is 93.0 Å². The number of hydrogen-bond donors (Lipinski definition) is 0. The third kappa shape index (κ3) is 7.66. The van der Waals surface area contributed by atoms with Gasteiger partial charge in [0.05, 0.1) is 28.4 Å². The third-order valence-corrected chi connectivity index (χ3v) is 14.7. The Bertz CT molecular complexity index is 1410. The van der Waals surface area contributed by atoms with Gasteiger partial charge < -0.3 is 18.9 Å². The molecule has 0 radical (unpaired) electrons. The van der Waals surface area contributed by atoms with E-state index in [1.807, 2.05) is 0 Å². The summed E-state index contributed by atoms with van der Waals surface area (Å²) in [6.45, 7) is 22.3. The molecule has 0 unspecified atom stereocenters. The maximum atomic E-state index is 5.79. The fourth-order valence-corrected chi connectivity index (χ4v) is 14.1. The van der Waals surface area contributed by atoms with Crippen molar-refractivity contribution in [2.24, 2.45) is 0 Å². The van der Waals surface area contributed by atoms with Crippen molar-refractivity contribution in [2.45, 2.75) is 87.0 Å². The molecule has 2 atom stereocenters. The van der Waals surface area contributed by atoms with Crippen LogP contribution >= 0.6 is 15.8 Å². The Balaban J connectivity index is 1.87. The Labute approximate surface area is 286 Å². The maximum Gasteiger partial charge on any atom is 0.124 e. The summed E-state index contributed by atoms with van der Waals surface area (Å²) in [5, 5.41) is 5.60. The Morgan fingerprint density at radius 1 is 0.383 bits per heavy atom. The number of aryl methyl sites for hydroxylation is 8.